The van der Waals surface area contributed by atoms with Crippen LogP contribution in [0.5, 0.6) is 5.75 Å². The zero-order valence-corrected chi connectivity index (χ0v) is 13.2. The molecule has 3 atom stereocenters. The van der Waals surface area contributed by atoms with Gasteiger partial charge in [-0.2, -0.15) is 0 Å². The van der Waals surface area contributed by atoms with Crippen molar-refractivity contribution in [1.29, 1.82) is 0 Å². The Morgan fingerprint density at radius 3 is 2.70 bits per heavy atom. The quantitative estimate of drug-likeness (QED) is 0.884. The molecule has 0 fully saturated rings. The van der Waals surface area contributed by atoms with Gasteiger partial charge in [-0.05, 0) is 48.1 Å². The van der Waals surface area contributed by atoms with E-state index in [1.165, 1.54) is 5.56 Å². The molecule has 1 aromatic rings. The molecule has 1 aliphatic rings. The zero-order chi connectivity index (χ0) is 14.8. The zero-order valence-electron chi connectivity index (χ0n) is 13.2. The van der Waals surface area contributed by atoms with Crippen molar-refractivity contribution in [2.75, 3.05) is 6.61 Å². The summed E-state index contributed by atoms with van der Waals surface area (Å²) in [5, 5.41) is 10.4. The van der Waals surface area contributed by atoms with Crippen LogP contribution in [0, 0.1) is 11.3 Å². The van der Waals surface area contributed by atoms with Crippen molar-refractivity contribution in [2.24, 2.45) is 11.3 Å². The molecule has 0 spiro atoms. The third-order valence-electron chi connectivity index (χ3n) is 4.74. The minimum Gasteiger partial charge on any atom is -0.493 e. The minimum atomic E-state index is -0.222. The monoisotopic (exact) mass is 276 g/mol. The minimum absolute atomic E-state index is 0.222. The normalized spacial score (nSPS) is 21.8. The van der Waals surface area contributed by atoms with E-state index in [1.807, 2.05) is 12.1 Å². The maximum Gasteiger partial charge on any atom is 0.122 e. The molecule has 0 aromatic heterocycles. The van der Waals surface area contributed by atoms with E-state index < -0.39 is 0 Å². The number of hydrogen-bond donors (Lipinski definition) is 1. The van der Waals surface area contributed by atoms with E-state index in [-0.39, 0.29) is 11.5 Å². The van der Waals surface area contributed by atoms with Gasteiger partial charge in [0.15, 0.2) is 0 Å². The first-order chi connectivity index (χ1) is 9.38. The second kappa shape index (κ2) is 6.17. The SMILES string of the molecule is CC(CC(O)CC1CCOc2ccccc21)C(C)(C)C. The molecule has 2 rings (SSSR count). The van der Waals surface area contributed by atoms with Crippen LogP contribution in [0.3, 0.4) is 0 Å². The van der Waals surface area contributed by atoms with Crippen LogP contribution in [-0.2, 0) is 0 Å². The first-order valence-corrected chi connectivity index (χ1v) is 7.77. The van der Waals surface area contributed by atoms with Crippen LogP contribution in [0.4, 0.5) is 0 Å². The average molecular weight is 276 g/mol. The van der Waals surface area contributed by atoms with E-state index in [9.17, 15) is 5.11 Å². The molecular formula is C18H28O2. The molecule has 0 radical (unpaired) electrons. The molecule has 0 saturated heterocycles. The summed E-state index contributed by atoms with van der Waals surface area (Å²) in [4.78, 5) is 0. The molecule has 3 unspecified atom stereocenters. The van der Waals surface area contributed by atoms with Crippen LogP contribution in [0.25, 0.3) is 0 Å². The van der Waals surface area contributed by atoms with Gasteiger partial charge in [0.2, 0.25) is 0 Å². The van der Waals surface area contributed by atoms with Gasteiger partial charge in [-0.1, -0.05) is 45.9 Å². The fourth-order valence-electron chi connectivity index (χ4n) is 2.85. The molecule has 0 bridgehead atoms. The van der Waals surface area contributed by atoms with Crippen LogP contribution < -0.4 is 4.74 Å². The molecule has 1 N–H and O–H groups in total. The van der Waals surface area contributed by atoms with E-state index in [1.54, 1.807) is 0 Å². The number of benzene rings is 1. The Morgan fingerprint density at radius 2 is 2.00 bits per heavy atom. The Labute approximate surface area is 123 Å². The highest BCUT2D eigenvalue weighted by Crippen LogP contribution is 2.38. The molecule has 1 heterocycles. The Kier molecular flexibility index (Phi) is 4.74. The first kappa shape index (κ1) is 15.4. The second-order valence-corrected chi connectivity index (χ2v) is 7.26. The summed E-state index contributed by atoms with van der Waals surface area (Å²) in [6.07, 6.45) is 2.52. The third kappa shape index (κ3) is 3.76. The second-order valence-electron chi connectivity index (χ2n) is 7.26. The predicted octanol–water partition coefficient (Wildman–Crippen LogP) is 4.38. The van der Waals surface area contributed by atoms with Crippen LogP contribution in [-0.4, -0.2) is 17.8 Å². The molecule has 20 heavy (non-hydrogen) atoms. The van der Waals surface area contributed by atoms with Gasteiger partial charge in [-0.15, -0.1) is 0 Å². The molecule has 0 saturated carbocycles. The highest BCUT2D eigenvalue weighted by atomic mass is 16.5. The van der Waals surface area contributed by atoms with Gasteiger partial charge in [0.25, 0.3) is 0 Å². The fraction of sp³-hybridized carbons (Fsp3) is 0.667. The van der Waals surface area contributed by atoms with E-state index in [4.69, 9.17) is 4.74 Å². The lowest BCUT2D eigenvalue weighted by Crippen LogP contribution is -2.25. The van der Waals surface area contributed by atoms with Crippen molar-refractivity contribution in [1.82, 2.24) is 0 Å². The van der Waals surface area contributed by atoms with Gasteiger partial charge in [-0.25, -0.2) is 0 Å². The van der Waals surface area contributed by atoms with Crippen molar-refractivity contribution in [3.05, 3.63) is 29.8 Å². The largest absolute Gasteiger partial charge is 0.493 e. The number of aliphatic hydroxyl groups is 1. The van der Waals surface area contributed by atoms with Gasteiger partial charge in [0, 0.05) is 0 Å². The van der Waals surface area contributed by atoms with Gasteiger partial charge < -0.3 is 9.84 Å². The molecule has 112 valence electrons. The van der Waals surface area contributed by atoms with Crippen molar-refractivity contribution in [2.45, 2.75) is 59.0 Å². The first-order valence-electron chi connectivity index (χ1n) is 7.77. The lowest BCUT2D eigenvalue weighted by atomic mass is 9.77. The number of ether oxygens (including phenoxy) is 1. The topological polar surface area (TPSA) is 29.5 Å². The molecule has 2 heteroatoms. The van der Waals surface area contributed by atoms with Crippen LogP contribution in [0.1, 0.15) is 58.4 Å². The smallest absolute Gasteiger partial charge is 0.122 e. The fourth-order valence-corrected chi connectivity index (χ4v) is 2.85. The Hall–Kier alpha value is -1.02. The van der Waals surface area contributed by atoms with Crippen LogP contribution in [0.15, 0.2) is 24.3 Å². The summed E-state index contributed by atoms with van der Waals surface area (Å²) < 4.78 is 5.69. The van der Waals surface area contributed by atoms with Crippen molar-refractivity contribution >= 4 is 0 Å². The standard InChI is InChI=1S/C18H28O2/c1-13(18(2,3)4)11-15(19)12-14-9-10-20-17-8-6-5-7-16(14)17/h5-8,13-15,19H,9-12H2,1-4H3. The number of para-hydroxylation sites is 1. The molecule has 0 amide bonds. The maximum absolute atomic E-state index is 10.4. The lowest BCUT2D eigenvalue weighted by Gasteiger charge is -2.31. The molecule has 0 aliphatic carbocycles. The molecule has 1 aliphatic heterocycles. The van der Waals surface area contributed by atoms with Gasteiger partial charge in [-0.3, -0.25) is 0 Å². The lowest BCUT2D eigenvalue weighted by molar-refractivity contribution is 0.0917. The number of rotatable bonds is 4. The van der Waals surface area contributed by atoms with E-state index >= 15 is 0 Å². The molecular weight excluding hydrogens is 248 g/mol. The van der Waals surface area contributed by atoms with E-state index in [2.05, 4.69) is 39.8 Å². The number of hydrogen-bond acceptors (Lipinski definition) is 2. The highest BCUT2D eigenvalue weighted by Gasteiger charge is 2.27. The summed E-state index contributed by atoms with van der Waals surface area (Å²) in [7, 11) is 0. The Morgan fingerprint density at radius 1 is 1.30 bits per heavy atom. The molecule has 2 nitrogen and oxygen atoms in total. The highest BCUT2D eigenvalue weighted by molar-refractivity contribution is 5.37. The van der Waals surface area contributed by atoms with E-state index in [0.717, 1.165) is 31.6 Å². The van der Waals surface area contributed by atoms with Crippen LogP contribution >= 0.6 is 0 Å². The van der Waals surface area contributed by atoms with Gasteiger partial charge >= 0.3 is 0 Å². The van der Waals surface area contributed by atoms with E-state index in [0.29, 0.717) is 11.8 Å². The Balaban J connectivity index is 1.97. The van der Waals surface area contributed by atoms with Gasteiger partial charge in [0.1, 0.15) is 5.75 Å². The van der Waals surface area contributed by atoms with Crippen molar-refractivity contribution in [3.63, 3.8) is 0 Å². The van der Waals surface area contributed by atoms with Crippen LogP contribution in [0.2, 0.25) is 0 Å². The van der Waals surface area contributed by atoms with Crippen molar-refractivity contribution in [3.8, 4) is 5.75 Å². The number of fused-ring (bicyclic) bond motifs is 1. The average Bonchev–Trinajstić information content (AvgIpc) is 2.38. The third-order valence-corrected chi connectivity index (χ3v) is 4.74. The summed E-state index contributed by atoms with van der Waals surface area (Å²) in [5.74, 6) is 1.95. The van der Waals surface area contributed by atoms with Crippen molar-refractivity contribution < 1.29 is 9.84 Å². The summed E-state index contributed by atoms with van der Waals surface area (Å²) in [5.41, 5.74) is 1.52. The maximum atomic E-state index is 10.4. The molecule has 1 aromatic carbocycles. The number of aliphatic hydroxyl groups excluding tert-OH is 1. The summed E-state index contributed by atoms with van der Waals surface area (Å²) >= 11 is 0. The summed E-state index contributed by atoms with van der Waals surface area (Å²) in [6.45, 7) is 9.74. The predicted molar refractivity (Wildman–Crippen MR) is 83.2 cm³/mol. The summed E-state index contributed by atoms with van der Waals surface area (Å²) in [6, 6.07) is 8.24. The Bertz CT molecular complexity index is 433. The van der Waals surface area contributed by atoms with Gasteiger partial charge in [0.05, 0.1) is 12.7 Å².